The average molecular weight is 339 g/mol. The van der Waals surface area contributed by atoms with Gasteiger partial charge in [-0.25, -0.2) is 8.78 Å². The summed E-state index contributed by atoms with van der Waals surface area (Å²) in [6.07, 6.45) is 1.49. The number of amides is 1. The normalized spacial score (nSPS) is 19.7. The largest absolute Gasteiger partial charge is 0.490 e. The van der Waals surface area contributed by atoms with Crippen LogP contribution in [0.2, 0.25) is 0 Å². The van der Waals surface area contributed by atoms with Crippen LogP contribution in [0, 0.1) is 5.92 Å². The summed E-state index contributed by atoms with van der Waals surface area (Å²) in [5.74, 6) is -3.91. The van der Waals surface area contributed by atoms with Crippen LogP contribution in [-0.4, -0.2) is 48.1 Å². The Balaban J connectivity index is 2.06. The number of rotatable bonds is 5. The second kappa shape index (κ2) is 7.75. The van der Waals surface area contributed by atoms with Crippen molar-refractivity contribution in [2.45, 2.75) is 26.2 Å². The van der Waals surface area contributed by atoms with E-state index >= 15 is 0 Å². The van der Waals surface area contributed by atoms with E-state index in [0.717, 1.165) is 5.57 Å². The lowest BCUT2D eigenvalue weighted by atomic mass is 9.94. The summed E-state index contributed by atoms with van der Waals surface area (Å²) < 4.78 is 32.9. The fourth-order valence-electron chi connectivity index (χ4n) is 2.56. The number of nitrogens with zero attached hydrogens (tertiary/aromatic N) is 1. The molecule has 0 aromatic heterocycles. The Kier molecular flexibility index (Phi) is 5.94. The minimum Gasteiger partial charge on any atom is -0.490 e. The summed E-state index contributed by atoms with van der Waals surface area (Å²) in [6.45, 7) is 3.53. The van der Waals surface area contributed by atoms with E-state index in [9.17, 15) is 13.6 Å². The van der Waals surface area contributed by atoms with Crippen LogP contribution < -0.4 is 4.74 Å². The molecular formula is C18H23F2NO3. The van der Waals surface area contributed by atoms with Crippen molar-refractivity contribution in [1.82, 2.24) is 4.90 Å². The number of hydrogen-bond donors (Lipinski definition) is 1. The number of aliphatic hydroxyl groups excluding tert-OH is 1. The van der Waals surface area contributed by atoms with E-state index in [2.05, 4.69) is 0 Å². The van der Waals surface area contributed by atoms with Crippen molar-refractivity contribution in [1.29, 1.82) is 0 Å². The fraction of sp³-hybridized carbons (Fsp3) is 0.500. The second-order valence-electron chi connectivity index (χ2n) is 6.26. The van der Waals surface area contributed by atoms with Crippen molar-refractivity contribution in [3.8, 4) is 5.75 Å². The summed E-state index contributed by atoms with van der Waals surface area (Å²) in [6, 6.07) is 6.70. The Morgan fingerprint density at radius 2 is 2.21 bits per heavy atom. The van der Waals surface area contributed by atoms with Gasteiger partial charge in [0.2, 0.25) is 0 Å². The van der Waals surface area contributed by atoms with Gasteiger partial charge in [-0.2, -0.15) is 0 Å². The molecule has 2 rings (SSSR count). The molecule has 24 heavy (non-hydrogen) atoms. The van der Waals surface area contributed by atoms with Gasteiger partial charge in [0.05, 0.1) is 12.5 Å². The number of aliphatic hydroxyl groups is 1. The first-order valence-electron chi connectivity index (χ1n) is 7.97. The highest BCUT2D eigenvalue weighted by molar-refractivity contribution is 5.94. The molecule has 1 heterocycles. The lowest BCUT2D eigenvalue weighted by Gasteiger charge is -2.37. The van der Waals surface area contributed by atoms with Crippen LogP contribution >= 0.6 is 0 Å². The lowest BCUT2D eigenvalue weighted by Crippen LogP contribution is -2.50. The predicted molar refractivity (Wildman–Crippen MR) is 87.4 cm³/mol. The van der Waals surface area contributed by atoms with Crippen LogP contribution in [0.5, 0.6) is 5.75 Å². The minimum atomic E-state index is -2.93. The third kappa shape index (κ3) is 4.54. The highest BCUT2D eigenvalue weighted by atomic mass is 19.3. The maximum Gasteiger partial charge on any atom is 0.256 e. The number of likely N-dealkylation sites (tertiary alicyclic amines) is 1. The van der Waals surface area contributed by atoms with E-state index in [-0.39, 0.29) is 19.0 Å². The zero-order chi connectivity index (χ0) is 17.7. The van der Waals surface area contributed by atoms with E-state index in [0.29, 0.717) is 17.9 Å². The molecule has 1 fully saturated rings. The first-order valence-corrected chi connectivity index (χ1v) is 7.97. The SMILES string of the molecule is CC(C)=CCOc1cccc(C(=O)N2CCC(F)(F)C(CO)C2)c1. The molecule has 1 amide bonds. The van der Waals surface area contributed by atoms with Crippen LogP contribution in [-0.2, 0) is 0 Å². The number of alkyl halides is 2. The number of carbonyl (C=O) groups is 1. The van der Waals surface area contributed by atoms with Gasteiger partial charge < -0.3 is 14.7 Å². The Morgan fingerprint density at radius 1 is 1.46 bits per heavy atom. The Bertz CT molecular complexity index is 612. The summed E-state index contributed by atoms with van der Waals surface area (Å²) in [5.41, 5.74) is 1.53. The zero-order valence-electron chi connectivity index (χ0n) is 14.0. The van der Waals surface area contributed by atoms with Gasteiger partial charge in [0, 0.05) is 25.1 Å². The van der Waals surface area contributed by atoms with E-state index in [4.69, 9.17) is 9.84 Å². The molecule has 0 aliphatic carbocycles. The van der Waals surface area contributed by atoms with E-state index in [1.54, 1.807) is 24.3 Å². The van der Waals surface area contributed by atoms with Crippen molar-refractivity contribution in [2.24, 2.45) is 5.92 Å². The Labute approximate surface area is 140 Å². The van der Waals surface area contributed by atoms with Crippen LogP contribution in [0.3, 0.4) is 0 Å². The average Bonchev–Trinajstić information content (AvgIpc) is 2.54. The molecule has 1 aliphatic rings. The zero-order valence-corrected chi connectivity index (χ0v) is 14.0. The fourth-order valence-corrected chi connectivity index (χ4v) is 2.56. The number of allylic oxidation sites excluding steroid dienone is 1. The standard InChI is InChI=1S/C18H23F2NO3/c1-13(2)6-9-24-16-5-3-4-14(10-16)17(23)21-8-7-18(19,20)15(11-21)12-22/h3-6,10,15,22H,7-9,11-12H2,1-2H3. The molecule has 1 aliphatic heterocycles. The maximum atomic E-state index is 13.7. The smallest absolute Gasteiger partial charge is 0.256 e. The molecule has 1 unspecified atom stereocenters. The first-order chi connectivity index (χ1) is 11.3. The summed E-state index contributed by atoms with van der Waals surface area (Å²) in [7, 11) is 0. The van der Waals surface area contributed by atoms with Gasteiger partial charge in [-0.05, 0) is 38.1 Å². The summed E-state index contributed by atoms with van der Waals surface area (Å²) in [5, 5.41) is 9.14. The summed E-state index contributed by atoms with van der Waals surface area (Å²) in [4.78, 5) is 13.9. The first kappa shape index (κ1) is 18.4. The van der Waals surface area contributed by atoms with E-state index in [1.165, 1.54) is 4.90 Å². The number of carbonyl (C=O) groups excluding carboxylic acids is 1. The van der Waals surface area contributed by atoms with E-state index < -0.39 is 24.9 Å². The molecule has 1 atom stereocenters. The Morgan fingerprint density at radius 3 is 2.88 bits per heavy atom. The molecule has 1 saturated heterocycles. The molecule has 0 spiro atoms. The van der Waals surface area contributed by atoms with Crippen LogP contribution in [0.1, 0.15) is 30.6 Å². The third-order valence-corrected chi connectivity index (χ3v) is 4.08. The molecule has 4 nitrogen and oxygen atoms in total. The van der Waals surface area contributed by atoms with Gasteiger partial charge >= 0.3 is 0 Å². The highest BCUT2D eigenvalue weighted by Crippen LogP contribution is 2.33. The molecular weight excluding hydrogens is 316 g/mol. The molecule has 1 aromatic carbocycles. The van der Waals surface area contributed by atoms with Gasteiger partial charge in [0.25, 0.3) is 11.8 Å². The van der Waals surface area contributed by atoms with Crippen LogP contribution in [0.4, 0.5) is 8.78 Å². The molecule has 6 heteroatoms. The molecule has 0 saturated carbocycles. The van der Waals surface area contributed by atoms with Gasteiger partial charge in [-0.1, -0.05) is 11.6 Å². The van der Waals surface area contributed by atoms with Crippen LogP contribution in [0.15, 0.2) is 35.9 Å². The number of halogens is 2. The minimum absolute atomic E-state index is 0.0226. The van der Waals surface area contributed by atoms with Gasteiger partial charge in [-0.3, -0.25) is 4.79 Å². The van der Waals surface area contributed by atoms with Crippen molar-refractivity contribution in [3.63, 3.8) is 0 Å². The molecule has 0 bridgehead atoms. The summed E-state index contributed by atoms with van der Waals surface area (Å²) >= 11 is 0. The highest BCUT2D eigenvalue weighted by Gasteiger charge is 2.44. The second-order valence-corrected chi connectivity index (χ2v) is 6.26. The quantitative estimate of drug-likeness (QED) is 0.839. The van der Waals surface area contributed by atoms with Gasteiger partial charge in [0.1, 0.15) is 12.4 Å². The number of ether oxygens (including phenoxy) is 1. The van der Waals surface area contributed by atoms with Crippen molar-refractivity contribution in [2.75, 3.05) is 26.3 Å². The topological polar surface area (TPSA) is 49.8 Å². The van der Waals surface area contributed by atoms with Crippen molar-refractivity contribution in [3.05, 3.63) is 41.5 Å². The molecule has 132 valence electrons. The maximum absolute atomic E-state index is 13.7. The van der Waals surface area contributed by atoms with Gasteiger partial charge in [0.15, 0.2) is 0 Å². The van der Waals surface area contributed by atoms with Crippen molar-refractivity contribution >= 4 is 5.91 Å². The third-order valence-electron chi connectivity index (χ3n) is 4.08. The molecule has 1 N–H and O–H groups in total. The van der Waals surface area contributed by atoms with Crippen LogP contribution in [0.25, 0.3) is 0 Å². The van der Waals surface area contributed by atoms with Crippen molar-refractivity contribution < 1.29 is 23.4 Å². The lowest BCUT2D eigenvalue weighted by molar-refractivity contribution is -0.113. The predicted octanol–water partition coefficient (Wildman–Crippen LogP) is 3.12. The number of hydrogen-bond acceptors (Lipinski definition) is 3. The van der Waals surface area contributed by atoms with Gasteiger partial charge in [-0.15, -0.1) is 0 Å². The number of piperidine rings is 1. The Hall–Kier alpha value is -1.95. The number of benzene rings is 1. The van der Waals surface area contributed by atoms with E-state index in [1.807, 2.05) is 19.9 Å². The molecule has 0 radical (unpaired) electrons. The monoisotopic (exact) mass is 339 g/mol. The molecule has 1 aromatic rings.